The third-order valence-electron chi connectivity index (χ3n) is 2.30. The SMILES string of the molecule is CCCCCCCCC(Cl)CC(Cl)Cl. The molecule has 0 aromatic heterocycles. The molecule has 0 aliphatic carbocycles. The maximum atomic E-state index is 6.05. The third kappa shape index (κ3) is 10.9. The van der Waals surface area contributed by atoms with Crippen molar-refractivity contribution < 1.29 is 0 Å². The average Bonchev–Trinajstić information content (AvgIpc) is 2.10. The average molecular weight is 260 g/mol. The summed E-state index contributed by atoms with van der Waals surface area (Å²) in [7, 11) is 0. The van der Waals surface area contributed by atoms with Crippen LogP contribution in [-0.2, 0) is 0 Å². The minimum Gasteiger partial charge on any atom is -0.123 e. The van der Waals surface area contributed by atoms with Crippen LogP contribution in [0.25, 0.3) is 0 Å². The molecule has 86 valence electrons. The Hall–Kier alpha value is 0.870. The van der Waals surface area contributed by atoms with Gasteiger partial charge in [0.05, 0.1) is 0 Å². The fourth-order valence-electron chi connectivity index (χ4n) is 1.46. The Morgan fingerprint density at radius 1 is 0.857 bits per heavy atom. The zero-order valence-corrected chi connectivity index (χ0v) is 11.2. The number of alkyl halides is 3. The van der Waals surface area contributed by atoms with Crippen LogP contribution in [0.4, 0.5) is 0 Å². The van der Waals surface area contributed by atoms with Gasteiger partial charge in [-0.1, -0.05) is 45.4 Å². The highest BCUT2D eigenvalue weighted by Gasteiger charge is 2.08. The van der Waals surface area contributed by atoms with Gasteiger partial charge >= 0.3 is 0 Å². The molecule has 1 atom stereocenters. The second-order valence-electron chi connectivity index (χ2n) is 3.78. The van der Waals surface area contributed by atoms with E-state index in [-0.39, 0.29) is 10.2 Å². The van der Waals surface area contributed by atoms with Crippen LogP contribution in [0.2, 0.25) is 0 Å². The lowest BCUT2D eigenvalue weighted by molar-refractivity contribution is 0.573. The summed E-state index contributed by atoms with van der Waals surface area (Å²) in [5.74, 6) is 0. The smallest absolute Gasteiger partial charge is 0.109 e. The summed E-state index contributed by atoms with van der Waals surface area (Å²) in [6.07, 6.45) is 9.61. The monoisotopic (exact) mass is 258 g/mol. The van der Waals surface area contributed by atoms with Gasteiger partial charge in [0.25, 0.3) is 0 Å². The van der Waals surface area contributed by atoms with Crippen molar-refractivity contribution in [3.05, 3.63) is 0 Å². The first-order valence-electron chi connectivity index (χ1n) is 5.59. The highest BCUT2D eigenvalue weighted by Crippen LogP contribution is 2.19. The Kier molecular flexibility index (Phi) is 11.0. The zero-order valence-electron chi connectivity index (χ0n) is 8.95. The molecule has 14 heavy (non-hydrogen) atoms. The first-order valence-corrected chi connectivity index (χ1v) is 6.90. The first kappa shape index (κ1) is 14.9. The van der Waals surface area contributed by atoms with E-state index in [0.29, 0.717) is 6.42 Å². The predicted molar refractivity (Wildman–Crippen MR) is 67.7 cm³/mol. The molecule has 0 aliphatic rings. The van der Waals surface area contributed by atoms with Crippen molar-refractivity contribution in [2.75, 3.05) is 0 Å². The maximum Gasteiger partial charge on any atom is 0.109 e. The summed E-state index contributed by atoms with van der Waals surface area (Å²) in [6.45, 7) is 2.23. The quantitative estimate of drug-likeness (QED) is 0.377. The van der Waals surface area contributed by atoms with E-state index in [0.717, 1.165) is 6.42 Å². The van der Waals surface area contributed by atoms with Crippen LogP contribution in [0.5, 0.6) is 0 Å². The molecule has 0 saturated heterocycles. The Morgan fingerprint density at radius 3 is 2.00 bits per heavy atom. The second kappa shape index (κ2) is 10.4. The number of hydrogen-bond acceptors (Lipinski definition) is 0. The fourth-order valence-corrected chi connectivity index (χ4v) is 2.40. The van der Waals surface area contributed by atoms with Crippen molar-refractivity contribution in [3.63, 3.8) is 0 Å². The van der Waals surface area contributed by atoms with Gasteiger partial charge < -0.3 is 0 Å². The Balaban J connectivity index is 3.10. The van der Waals surface area contributed by atoms with Gasteiger partial charge in [0.15, 0.2) is 0 Å². The van der Waals surface area contributed by atoms with Gasteiger partial charge in [-0.2, -0.15) is 0 Å². The molecular formula is C11H21Cl3. The highest BCUT2D eigenvalue weighted by molar-refractivity contribution is 6.44. The van der Waals surface area contributed by atoms with Gasteiger partial charge in [-0.25, -0.2) is 0 Å². The lowest BCUT2D eigenvalue weighted by Crippen LogP contribution is -2.03. The van der Waals surface area contributed by atoms with Crippen LogP contribution in [0.15, 0.2) is 0 Å². The van der Waals surface area contributed by atoms with Crippen molar-refractivity contribution >= 4 is 34.8 Å². The normalized spacial score (nSPS) is 13.5. The van der Waals surface area contributed by atoms with E-state index >= 15 is 0 Å². The summed E-state index contributed by atoms with van der Waals surface area (Å²) in [5.41, 5.74) is 0. The maximum absolute atomic E-state index is 6.05. The van der Waals surface area contributed by atoms with Gasteiger partial charge in [0, 0.05) is 5.38 Å². The van der Waals surface area contributed by atoms with Crippen molar-refractivity contribution in [1.82, 2.24) is 0 Å². The molecule has 0 aromatic rings. The summed E-state index contributed by atoms with van der Waals surface area (Å²) in [4.78, 5) is -0.308. The van der Waals surface area contributed by atoms with E-state index in [9.17, 15) is 0 Å². The van der Waals surface area contributed by atoms with E-state index < -0.39 is 0 Å². The van der Waals surface area contributed by atoms with Gasteiger partial charge in [-0.3, -0.25) is 0 Å². The number of unbranched alkanes of at least 4 members (excludes halogenated alkanes) is 5. The summed E-state index contributed by atoms with van der Waals surface area (Å²) in [6, 6.07) is 0. The third-order valence-corrected chi connectivity index (χ3v) is 3.06. The number of rotatable bonds is 9. The Bertz CT molecular complexity index is 115. The van der Waals surface area contributed by atoms with Crippen LogP contribution in [0.1, 0.15) is 58.3 Å². The minimum atomic E-state index is -0.308. The number of hydrogen-bond donors (Lipinski definition) is 0. The molecular weight excluding hydrogens is 238 g/mol. The lowest BCUT2D eigenvalue weighted by Gasteiger charge is -2.09. The van der Waals surface area contributed by atoms with Gasteiger partial charge in [-0.05, 0) is 12.8 Å². The molecule has 0 aromatic carbocycles. The minimum absolute atomic E-state index is 0.154. The van der Waals surface area contributed by atoms with Crippen LogP contribution >= 0.6 is 34.8 Å². The molecule has 0 aliphatic heterocycles. The van der Waals surface area contributed by atoms with E-state index in [2.05, 4.69) is 6.92 Å². The molecule has 0 rings (SSSR count). The fraction of sp³-hybridized carbons (Fsp3) is 1.00. The molecule has 0 nitrogen and oxygen atoms in total. The molecule has 1 unspecified atom stereocenters. The van der Waals surface area contributed by atoms with Crippen LogP contribution in [-0.4, -0.2) is 10.2 Å². The highest BCUT2D eigenvalue weighted by atomic mass is 35.5. The number of halogens is 3. The van der Waals surface area contributed by atoms with E-state index in [4.69, 9.17) is 34.8 Å². The van der Waals surface area contributed by atoms with Crippen LogP contribution in [0.3, 0.4) is 0 Å². The molecule has 0 saturated carbocycles. The van der Waals surface area contributed by atoms with Crippen LogP contribution in [0, 0.1) is 0 Å². The van der Waals surface area contributed by atoms with E-state index in [1.165, 1.54) is 38.5 Å². The van der Waals surface area contributed by atoms with Crippen molar-refractivity contribution in [3.8, 4) is 0 Å². The molecule has 0 spiro atoms. The standard InChI is InChI=1S/C11H21Cl3/c1-2-3-4-5-6-7-8-10(12)9-11(13)14/h10-11H,2-9H2,1H3. The van der Waals surface area contributed by atoms with E-state index in [1.807, 2.05) is 0 Å². The first-order chi connectivity index (χ1) is 6.66. The van der Waals surface area contributed by atoms with Gasteiger partial charge in [0.1, 0.15) is 4.84 Å². The second-order valence-corrected chi connectivity index (χ2v) is 5.67. The molecule has 0 radical (unpaired) electrons. The largest absolute Gasteiger partial charge is 0.123 e. The Morgan fingerprint density at radius 2 is 1.43 bits per heavy atom. The summed E-state index contributed by atoms with van der Waals surface area (Å²) in [5, 5.41) is 0.154. The molecule has 0 bridgehead atoms. The summed E-state index contributed by atoms with van der Waals surface area (Å²) >= 11 is 17.3. The van der Waals surface area contributed by atoms with Crippen molar-refractivity contribution in [2.45, 2.75) is 68.5 Å². The van der Waals surface area contributed by atoms with E-state index in [1.54, 1.807) is 0 Å². The van der Waals surface area contributed by atoms with Crippen LogP contribution < -0.4 is 0 Å². The van der Waals surface area contributed by atoms with Crippen molar-refractivity contribution in [2.24, 2.45) is 0 Å². The lowest BCUT2D eigenvalue weighted by atomic mass is 10.1. The van der Waals surface area contributed by atoms with Gasteiger partial charge in [0.2, 0.25) is 0 Å². The summed E-state index contributed by atoms with van der Waals surface area (Å²) < 4.78 is 0. The molecule has 3 heteroatoms. The molecule has 0 heterocycles. The van der Waals surface area contributed by atoms with Gasteiger partial charge in [-0.15, -0.1) is 34.8 Å². The predicted octanol–water partition coefficient (Wildman–Crippen LogP) is 5.54. The Labute approximate surface area is 103 Å². The zero-order chi connectivity index (χ0) is 10.8. The molecule has 0 N–H and O–H groups in total. The molecule has 0 amide bonds. The topological polar surface area (TPSA) is 0 Å². The molecule has 0 fully saturated rings. The van der Waals surface area contributed by atoms with Crippen molar-refractivity contribution in [1.29, 1.82) is 0 Å².